The van der Waals surface area contributed by atoms with Gasteiger partial charge in [0.15, 0.2) is 5.82 Å². The summed E-state index contributed by atoms with van der Waals surface area (Å²) < 4.78 is 7.34. The molecule has 1 aliphatic heterocycles. The van der Waals surface area contributed by atoms with Gasteiger partial charge in [0.05, 0.1) is 23.7 Å². The number of hydrogen-bond donors (Lipinski definition) is 0. The van der Waals surface area contributed by atoms with E-state index in [2.05, 4.69) is 19.9 Å². The molecule has 134 valence electrons. The first-order valence-corrected chi connectivity index (χ1v) is 9.27. The first-order valence-electron chi connectivity index (χ1n) is 9.27. The summed E-state index contributed by atoms with van der Waals surface area (Å²) in [6.45, 7) is 5.19. The minimum atomic E-state index is 0.0679. The van der Waals surface area contributed by atoms with Crippen LogP contribution in [0.5, 0.6) is 0 Å². The lowest BCUT2D eigenvalue weighted by molar-refractivity contribution is 0.0788. The highest BCUT2D eigenvalue weighted by atomic mass is 16.5. The van der Waals surface area contributed by atoms with Crippen molar-refractivity contribution < 1.29 is 9.32 Å². The number of aromatic nitrogens is 4. The predicted molar refractivity (Wildman–Crippen MR) is 91.4 cm³/mol. The summed E-state index contributed by atoms with van der Waals surface area (Å²) in [7, 11) is 0. The Labute approximate surface area is 147 Å². The summed E-state index contributed by atoms with van der Waals surface area (Å²) in [4.78, 5) is 19.2. The Morgan fingerprint density at radius 1 is 1.20 bits per heavy atom. The zero-order valence-corrected chi connectivity index (χ0v) is 14.9. The van der Waals surface area contributed by atoms with E-state index in [4.69, 9.17) is 4.52 Å². The van der Waals surface area contributed by atoms with Gasteiger partial charge in [0, 0.05) is 18.8 Å². The van der Waals surface area contributed by atoms with Gasteiger partial charge in [0.1, 0.15) is 0 Å². The fraction of sp³-hybridized carbons (Fsp3) is 0.667. The number of hydrogen-bond acceptors (Lipinski definition) is 5. The number of rotatable bonds is 3. The Kier molecular flexibility index (Phi) is 4.31. The van der Waals surface area contributed by atoms with Gasteiger partial charge in [-0.05, 0) is 33.1 Å². The molecule has 1 saturated carbocycles. The van der Waals surface area contributed by atoms with Crippen LogP contribution in [0, 0.1) is 13.8 Å². The standard InChI is InChI=1S/C18H25N5O2/c1-12-16(10-19-23(12)15-6-4-3-5-7-15)18(24)22-9-8-14(11-22)17-20-13(2)21-25-17/h10,14-15H,3-9,11H2,1-2H3/t14-/m1/s1. The summed E-state index contributed by atoms with van der Waals surface area (Å²) in [6.07, 6.45) is 8.76. The molecule has 0 unspecified atom stereocenters. The fourth-order valence-corrected chi connectivity index (χ4v) is 4.12. The van der Waals surface area contributed by atoms with E-state index in [1.807, 2.05) is 18.7 Å². The summed E-state index contributed by atoms with van der Waals surface area (Å²) >= 11 is 0. The average Bonchev–Trinajstić information content (AvgIpc) is 3.34. The number of likely N-dealkylation sites (tertiary alicyclic amines) is 1. The highest BCUT2D eigenvalue weighted by Gasteiger charge is 2.33. The minimum Gasteiger partial charge on any atom is -0.339 e. The fourth-order valence-electron chi connectivity index (χ4n) is 4.12. The van der Waals surface area contributed by atoms with Crippen LogP contribution in [0.2, 0.25) is 0 Å². The molecule has 2 aromatic heterocycles. The van der Waals surface area contributed by atoms with Crippen LogP contribution < -0.4 is 0 Å². The van der Waals surface area contributed by atoms with E-state index >= 15 is 0 Å². The molecular weight excluding hydrogens is 318 g/mol. The molecule has 0 spiro atoms. The van der Waals surface area contributed by atoms with Crippen molar-refractivity contribution in [1.82, 2.24) is 24.8 Å². The maximum Gasteiger partial charge on any atom is 0.257 e. The van der Waals surface area contributed by atoms with Crippen LogP contribution in [0.3, 0.4) is 0 Å². The second-order valence-electron chi connectivity index (χ2n) is 7.30. The quantitative estimate of drug-likeness (QED) is 0.856. The van der Waals surface area contributed by atoms with Crippen LogP contribution in [0.4, 0.5) is 0 Å². The molecule has 1 atom stereocenters. The Bertz CT molecular complexity index is 759. The van der Waals surface area contributed by atoms with E-state index in [1.165, 1.54) is 32.1 Å². The highest BCUT2D eigenvalue weighted by molar-refractivity contribution is 5.95. The Morgan fingerprint density at radius 3 is 2.72 bits per heavy atom. The van der Waals surface area contributed by atoms with Gasteiger partial charge in [-0.15, -0.1) is 0 Å². The van der Waals surface area contributed by atoms with Crippen molar-refractivity contribution in [2.45, 2.75) is 64.3 Å². The molecule has 7 nitrogen and oxygen atoms in total. The number of carbonyl (C=O) groups excluding carboxylic acids is 1. The van der Waals surface area contributed by atoms with Gasteiger partial charge < -0.3 is 9.42 Å². The molecule has 7 heteroatoms. The molecule has 25 heavy (non-hydrogen) atoms. The van der Waals surface area contributed by atoms with Gasteiger partial charge in [0.2, 0.25) is 5.89 Å². The van der Waals surface area contributed by atoms with Crippen molar-refractivity contribution in [1.29, 1.82) is 0 Å². The van der Waals surface area contributed by atoms with Gasteiger partial charge in [0.25, 0.3) is 5.91 Å². The van der Waals surface area contributed by atoms with Crippen LogP contribution in [-0.2, 0) is 0 Å². The molecule has 0 bridgehead atoms. The number of nitrogens with zero attached hydrogens (tertiary/aromatic N) is 5. The maximum atomic E-state index is 13.0. The Balaban J connectivity index is 1.47. The first kappa shape index (κ1) is 16.3. The second-order valence-corrected chi connectivity index (χ2v) is 7.30. The molecule has 1 saturated heterocycles. The summed E-state index contributed by atoms with van der Waals surface area (Å²) in [5, 5.41) is 8.40. The van der Waals surface area contributed by atoms with E-state index < -0.39 is 0 Å². The molecule has 2 fully saturated rings. The van der Waals surface area contributed by atoms with Crippen LogP contribution in [0.1, 0.15) is 78.3 Å². The first-order chi connectivity index (χ1) is 12.1. The monoisotopic (exact) mass is 343 g/mol. The SMILES string of the molecule is Cc1noc([C@@H]2CCN(C(=O)c3cnn(C4CCCCC4)c3C)C2)n1. The zero-order valence-electron chi connectivity index (χ0n) is 14.9. The van der Waals surface area contributed by atoms with Gasteiger partial charge >= 0.3 is 0 Å². The van der Waals surface area contributed by atoms with Crippen molar-refractivity contribution in [2.75, 3.05) is 13.1 Å². The van der Waals surface area contributed by atoms with Gasteiger partial charge in [-0.25, -0.2) is 0 Å². The van der Waals surface area contributed by atoms with Crippen molar-refractivity contribution in [3.8, 4) is 0 Å². The number of amides is 1. The molecule has 2 aliphatic rings. The largest absolute Gasteiger partial charge is 0.339 e. The van der Waals surface area contributed by atoms with Gasteiger partial charge in [-0.2, -0.15) is 10.1 Å². The molecule has 4 rings (SSSR count). The lowest BCUT2D eigenvalue weighted by Gasteiger charge is -2.23. The van der Waals surface area contributed by atoms with E-state index in [0.717, 1.165) is 24.2 Å². The summed E-state index contributed by atoms with van der Waals surface area (Å²) in [5.41, 5.74) is 1.72. The smallest absolute Gasteiger partial charge is 0.257 e. The van der Waals surface area contributed by atoms with Crippen LogP contribution >= 0.6 is 0 Å². The molecule has 0 aromatic carbocycles. The molecule has 2 aromatic rings. The molecular formula is C18H25N5O2. The van der Waals surface area contributed by atoms with E-state index in [0.29, 0.717) is 24.3 Å². The Morgan fingerprint density at radius 2 is 2.00 bits per heavy atom. The van der Waals surface area contributed by atoms with Gasteiger partial charge in [-0.3, -0.25) is 9.48 Å². The van der Waals surface area contributed by atoms with E-state index in [9.17, 15) is 4.79 Å². The van der Waals surface area contributed by atoms with Crippen molar-refractivity contribution >= 4 is 5.91 Å². The van der Waals surface area contributed by atoms with E-state index in [-0.39, 0.29) is 11.8 Å². The summed E-state index contributed by atoms with van der Waals surface area (Å²) in [6, 6.07) is 0.447. The predicted octanol–water partition coefficient (Wildman–Crippen LogP) is 3.02. The maximum absolute atomic E-state index is 13.0. The third-order valence-electron chi connectivity index (χ3n) is 5.56. The van der Waals surface area contributed by atoms with Gasteiger partial charge in [-0.1, -0.05) is 24.4 Å². The lowest BCUT2D eigenvalue weighted by atomic mass is 9.95. The molecule has 3 heterocycles. The number of carbonyl (C=O) groups is 1. The molecule has 1 amide bonds. The van der Waals surface area contributed by atoms with Crippen LogP contribution in [0.15, 0.2) is 10.7 Å². The molecule has 0 N–H and O–H groups in total. The third-order valence-corrected chi connectivity index (χ3v) is 5.56. The van der Waals surface area contributed by atoms with Crippen LogP contribution in [-0.4, -0.2) is 43.8 Å². The normalized spacial score (nSPS) is 21.8. The zero-order chi connectivity index (χ0) is 17.4. The topological polar surface area (TPSA) is 77.0 Å². The molecule has 1 aliphatic carbocycles. The van der Waals surface area contributed by atoms with Crippen LogP contribution in [0.25, 0.3) is 0 Å². The van der Waals surface area contributed by atoms with Crippen molar-refractivity contribution in [2.24, 2.45) is 0 Å². The lowest BCUT2D eigenvalue weighted by Crippen LogP contribution is -2.29. The number of aryl methyl sites for hydroxylation is 1. The summed E-state index contributed by atoms with van der Waals surface area (Å²) in [5.74, 6) is 1.49. The second kappa shape index (κ2) is 6.61. The average molecular weight is 343 g/mol. The Hall–Kier alpha value is -2.18. The van der Waals surface area contributed by atoms with Crippen molar-refractivity contribution in [3.05, 3.63) is 29.2 Å². The van der Waals surface area contributed by atoms with E-state index in [1.54, 1.807) is 6.20 Å². The van der Waals surface area contributed by atoms with Crippen molar-refractivity contribution in [3.63, 3.8) is 0 Å². The third kappa shape index (κ3) is 3.07. The minimum absolute atomic E-state index is 0.0679. The highest BCUT2D eigenvalue weighted by Crippen LogP contribution is 2.31. The molecule has 0 radical (unpaired) electrons.